The van der Waals surface area contributed by atoms with E-state index in [0.717, 1.165) is 19.3 Å². The first kappa shape index (κ1) is 16.2. The number of hydrogen-bond donors (Lipinski definition) is 1. The average molecular weight is 265 g/mol. The van der Waals surface area contributed by atoms with E-state index in [1.807, 2.05) is 6.92 Å². The van der Waals surface area contributed by atoms with Gasteiger partial charge in [-0.2, -0.15) is 5.26 Å². The van der Waals surface area contributed by atoms with Gasteiger partial charge in [-0.3, -0.25) is 0 Å². The van der Waals surface area contributed by atoms with Crippen LogP contribution in [0.2, 0.25) is 0 Å². The highest BCUT2D eigenvalue weighted by Gasteiger charge is 2.28. The maximum Gasteiger partial charge on any atom is 0.0788 e. The summed E-state index contributed by atoms with van der Waals surface area (Å²) >= 11 is 0. The van der Waals surface area contributed by atoms with Crippen molar-refractivity contribution < 1.29 is 9.84 Å². The number of hydrogen-bond acceptors (Lipinski definition) is 3. The largest absolute Gasteiger partial charge is 0.393 e. The monoisotopic (exact) mass is 265 g/mol. The summed E-state index contributed by atoms with van der Waals surface area (Å²) in [6, 6.07) is 2.15. The molecular formula is C16H27NO2. The first-order valence-corrected chi connectivity index (χ1v) is 7.47. The molecule has 0 spiro atoms. The maximum absolute atomic E-state index is 9.87. The Hall–Kier alpha value is -0.850. The van der Waals surface area contributed by atoms with E-state index in [9.17, 15) is 5.11 Å². The summed E-state index contributed by atoms with van der Waals surface area (Å²) in [6.07, 6.45) is 6.57. The lowest BCUT2D eigenvalue weighted by Crippen LogP contribution is -2.17. The topological polar surface area (TPSA) is 53.2 Å². The van der Waals surface area contributed by atoms with Gasteiger partial charge in [0, 0.05) is 5.92 Å². The molecule has 0 aromatic carbocycles. The van der Waals surface area contributed by atoms with Crippen molar-refractivity contribution in [3.8, 4) is 6.07 Å². The van der Waals surface area contributed by atoms with Gasteiger partial charge in [-0.1, -0.05) is 26.3 Å². The number of nitrogens with zero attached hydrogens (tertiary/aromatic N) is 1. The second-order valence-corrected chi connectivity index (χ2v) is 5.75. The van der Waals surface area contributed by atoms with Gasteiger partial charge in [-0.05, 0) is 44.6 Å². The molecule has 3 heteroatoms. The SMILES string of the molecule is C=C1C[C@H](CCCC)OC1CC[C@@H](O)C[C@@H](C)C#N. The van der Waals surface area contributed by atoms with Gasteiger partial charge in [-0.15, -0.1) is 0 Å². The van der Waals surface area contributed by atoms with Gasteiger partial charge in [0.2, 0.25) is 0 Å². The zero-order valence-electron chi connectivity index (χ0n) is 12.3. The molecule has 1 heterocycles. The molecule has 3 nitrogen and oxygen atoms in total. The van der Waals surface area contributed by atoms with E-state index in [-0.39, 0.29) is 12.0 Å². The Bertz CT molecular complexity index is 321. The Morgan fingerprint density at radius 1 is 1.53 bits per heavy atom. The van der Waals surface area contributed by atoms with Gasteiger partial charge in [-0.25, -0.2) is 0 Å². The van der Waals surface area contributed by atoms with Crippen molar-refractivity contribution in [3.05, 3.63) is 12.2 Å². The van der Waals surface area contributed by atoms with E-state index in [1.54, 1.807) is 0 Å². The zero-order valence-corrected chi connectivity index (χ0v) is 12.3. The molecule has 0 amide bonds. The third kappa shape index (κ3) is 5.76. The van der Waals surface area contributed by atoms with Crippen molar-refractivity contribution in [3.63, 3.8) is 0 Å². The normalized spacial score (nSPS) is 26.1. The van der Waals surface area contributed by atoms with E-state index < -0.39 is 6.10 Å². The molecule has 0 aromatic heterocycles. The minimum Gasteiger partial charge on any atom is -0.393 e. The standard InChI is InChI=1S/C16H27NO2/c1-4-5-6-15-10-13(3)16(19-15)8-7-14(18)9-12(2)11-17/h12,14-16,18H,3-10H2,1-2H3/t12-,14-,15+,16?/m1/s1. The van der Waals surface area contributed by atoms with Crippen LogP contribution in [0.4, 0.5) is 0 Å². The maximum atomic E-state index is 9.87. The molecule has 0 saturated carbocycles. The number of nitriles is 1. The summed E-state index contributed by atoms with van der Waals surface area (Å²) < 4.78 is 5.98. The van der Waals surface area contributed by atoms with Crippen LogP contribution in [0, 0.1) is 17.2 Å². The highest BCUT2D eigenvalue weighted by Crippen LogP contribution is 2.30. The molecule has 1 aliphatic rings. The van der Waals surface area contributed by atoms with E-state index >= 15 is 0 Å². The van der Waals surface area contributed by atoms with Crippen LogP contribution in [0.5, 0.6) is 0 Å². The Labute approximate surface area is 117 Å². The molecule has 0 aliphatic carbocycles. The fraction of sp³-hybridized carbons (Fsp3) is 0.812. The van der Waals surface area contributed by atoms with Crippen molar-refractivity contribution in [1.82, 2.24) is 0 Å². The van der Waals surface area contributed by atoms with Crippen LogP contribution in [0.1, 0.15) is 58.8 Å². The number of aliphatic hydroxyl groups is 1. The number of ether oxygens (including phenoxy) is 1. The van der Waals surface area contributed by atoms with Crippen LogP contribution in [-0.4, -0.2) is 23.4 Å². The Morgan fingerprint density at radius 3 is 2.89 bits per heavy atom. The molecule has 0 aromatic rings. The molecule has 19 heavy (non-hydrogen) atoms. The molecule has 0 bridgehead atoms. The van der Waals surface area contributed by atoms with Crippen molar-refractivity contribution in [2.45, 2.75) is 77.1 Å². The van der Waals surface area contributed by atoms with Crippen LogP contribution in [-0.2, 0) is 4.74 Å². The fourth-order valence-corrected chi connectivity index (χ4v) is 2.60. The molecule has 1 N–H and O–H groups in total. The molecule has 108 valence electrons. The van der Waals surface area contributed by atoms with Gasteiger partial charge in [0.05, 0.1) is 24.4 Å². The first-order chi connectivity index (χ1) is 9.06. The van der Waals surface area contributed by atoms with Crippen LogP contribution in [0.3, 0.4) is 0 Å². The van der Waals surface area contributed by atoms with Crippen LogP contribution in [0.15, 0.2) is 12.2 Å². The third-order valence-electron chi connectivity index (χ3n) is 3.79. The number of unbranched alkanes of at least 4 members (excludes halogenated alkanes) is 1. The smallest absolute Gasteiger partial charge is 0.0788 e. The Kier molecular flexibility index (Phi) is 7.12. The average Bonchev–Trinajstić information content (AvgIpc) is 2.74. The minimum absolute atomic E-state index is 0.0833. The second kappa shape index (κ2) is 8.35. The summed E-state index contributed by atoms with van der Waals surface area (Å²) in [4.78, 5) is 0. The molecule has 1 saturated heterocycles. The first-order valence-electron chi connectivity index (χ1n) is 7.47. The summed E-state index contributed by atoms with van der Waals surface area (Å²) in [6.45, 7) is 8.12. The fourth-order valence-electron chi connectivity index (χ4n) is 2.60. The van der Waals surface area contributed by atoms with Gasteiger partial charge in [0.15, 0.2) is 0 Å². The lowest BCUT2D eigenvalue weighted by molar-refractivity contribution is 0.0314. The van der Waals surface area contributed by atoms with Crippen molar-refractivity contribution in [2.24, 2.45) is 5.92 Å². The van der Waals surface area contributed by atoms with Crippen molar-refractivity contribution in [2.75, 3.05) is 0 Å². The third-order valence-corrected chi connectivity index (χ3v) is 3.79. The Balaban J connectivity index is 2.26. The van der Waals surface area contributed by atoms with Crippen LogP contribution in [0.25, 0.3) is 0 Å². The molecule has 1 rings (SSSR count). The highest BCUT2D eigenvalue weighted by molar-refractivity contribution is 5.09. The molecule has 1 aliphatic heterocycles. The molecule has 1 unspecified atom stereocenters. The Morgan fingerprint density at radius 2 is 2.26 bits per heavy atom. The van der Waals surface area contributed by atoms with Gasteiger partial charge >= 0.3 is 0 Å². The quantitative estimate of drug-likeness (QED) is 0.682. The van der Waals surface area contributed by atoms with E-state index in [2.05, 4.69) is 19.6 Å². The highest BCUT2D eigenvalue weighted by atomic mass is 16.5. The van der Waals surface area contributed by atoms with E-state index in [1.165, 1.54) is 18.4 Å². The predicted molar refractivity (Wildman–Crippen MR) is 76.6 cm³/mol. The van der Waals surface area contributed by atoms with E-state index in [0.29, 0.717) is 18.9 Å². The second-order valence-electron chi connectivity index (χ2n) is 5.75. The van der Waals surface area contributed by atoms with Crippen LogP contribution >= 0.6 is 0 Å². The van der Waals surface area contributed by atoms with Crippen LogP contribution < -0.4 is 0 Å². The summed E-state index contributed by atoms with van der Waals surface area (Å²) in [5.74, 6) is -0.0833. The minimum atomic E-state index is -0.402. The molecule has 0 radical (unpaired) electrons. The number of aliphatic hydroxyl groups excluding tert-OH is 1. The van der Waals surface area contributed by atoms with Gasteiger partial charge in [0.25, 0.3) is 0 Å². The summed E-state index contributed by atoms with van der Waals surface area (Å²) in [5, 5.41) is 18.6. The molecule has 4 atom stereocenters. The zero-order chi connectivity index (χ0) is 14.3. The van der Waals surface area contributed by atoms with Gasteiger partial charge < -0.3 is 9.84 Å². The van der Waals surface area contributed by atoms with Crippen molar-refractivity contribution in [1.29, 1.82) is 5.26 Å². The summed E-state index contributed by atoms with van der Waals surface area (Å²) in [7, 11) is 0. The predicted octanol–water partition coefficient (Wildman–Crippen LogP) is 3.58. The molecular weight excluding hydrogens is 238 g/mol. The van der Waals surface area contributed by atoms with Crippen molar-refractivity contribution >= 4 is 0 Å². The lowest BCUT2D eigenvalue weighted by atomic mass is 9.98. The van der Waals surface area contributed by atoms with Gasteiger partial charge in [0.1, 0.15) is 0 Å². The van der Waals surface area contributed by atoms with E-state index in [4.69, 9.17) is 10.00 Å². The lowest BCUT2D eigenvalue weighted by Gasteiger charge is -2.16. The number of rotatable bonds is 8. The summed E-state index contributed by atoms with van der Waals surface area (Å²) in [5.41, 5.74) is 1.17. The molecule has 1 fully saturated rings.